The summed E-state index contributed by atoms with van der Waals surface area (Å²) >= 11 is 0. The molecule has 0 saturated carbocycles. The Hall–Kier alpha value is -2.36. The zero-order valence-electron chi connectivity index (χ0n) is 9.89. The van der Waals surface area contributed by atoms with Crippen LogP contribution in [0.2, 0.25) is 0 Å². The maximum atomic E-state index is 13.8. The number of hydrogen-bond acceptors (Lipinski definition) is 2. The van der Waals surface area contributed by atoms with E-state index in [1.807, 2.05) is 29.8 Å². The van der Waals surface area contributed by atoms with Crippen LogP contribution in [0.5, 0.6) is 0 Å². The largest absolute Gasteiger partial charge is 0.388 e. The summed E-state index contributed by atoms with van der Waals surface area (Å²) in [7, 11) is 1.86. The molecule has 0 amide bonds. The van der Waals surface area contributed by atoms with Crippen molar-refractivity contribution in [1.82, 2.24) is 9.38 Å². The monoisotopic (exact) mass is 241 g/mol. The summed E-state index contributed by atoms with van der Waals surface area (Å²) in [6.45, 7) is 0. The van der Waals surface area contributed by atoms with Crippen molar-refractivity contribution >= 4 is 11.2 Å². The Labute approximate surface area is 104 Å². The lowest BCUT2D eigenvalue weighted by Gasteiger charge is -2.04. The predicted octanol–water partition coefficient (Wildman–Crippen LogP) is 3.18. The number of nitrogens with zero attached hydrogens (tertiary/aromatic N) is 2. The van der Waals surface area contributed by atoms with Crippen molar-refractivity contribution in [1.29, 1.82) is 0 Å². The van der Waals surface area contributed by atoms with Gasteiger partial charge in [0.05, 0.1) is 17.3 Å². The highest BCUT2D eigenvalue weighted by Gasteiger charge is 2.10. The molecule has 90 valence electrons. The van der Waals surface area contributed by atoms with Gasteiger partial charge in [-0.25, -0.2) is 9.37 Å². The van der Waals surface area contributed by atoms with Crippen LogP contribution in [0.4, 0.5) is 10.1 Å². The van der Waals surface area contributed by atoms with E-state index in [1.165, 1.54) is 6.07 Å². The van der Waals surface area contributed by atoms with Crippen LogP contribution in [0, 0.1) is 5.82 Å². The molecule has 3 aromatic rings. The fourth-order valence-corrected chi connectivity index (χ4v) is 2.00. The number of aromatic nitrogens is 2. The van der Waals surface area contributed by atoms with Crippen molar-refractivity contribution in [3.63, 3.8) is 0 Å². The molecule has 0 aliphatic rings. The van der Waals surface area contributed by atoms with E-state index in [0.29, 0.717) is 11.4 Å². The highest BCUT2D eigenvalue weighted by Crippen LogP contribution is 2.23. The van der Waals surface area contributed by atoms with Crippen LogP contribution in [0.15, 0.2) is 48.8 Å². The predicted molar refractivity (Wildman–Crippen MR) is 70.1 cm³/mol. The number of nitrogens with one attached hydrogen (secondary N) is 1. The van der Waals surface area contributed by atoms with Crippen molar-refractivity contribution in [3.05, 3.63) is 54.6 Å². The molecule has 0 fully saturated rings. The van der Waals surface area contributed by atoms with Gasteiger partial charge in [0.25, 0.3) is 0 Å². The first-order valence-electron chi connectivity index (χ1n) is 5.69. The van der Waals surface area contributed by atoms with Gasteiger partial charge in [0.2, 0.25) is 0 Å². The highest BCUT2D eigenvalue weighted by molar-refractivity contribution is 5.66. The number of fused-ring (bicyclic) bond motifs is 1. The van der Waals surface area contributed by atoms with Crippen LogP contribution in [-0.2, 0) is 0 Å². The van der Waals surface area contributed by atoms with E-state index in [9.17, 15) is 4.39 Å². The molecule has 3 rings (SSSR count). The van der Waals surface area contributed by atoms with Gasteiger partial charge in [0.15, 0.2) is 0 Å². The topological polar surface area (TPSA) is 29.3 Å². The second-order valence-electron chi connectivity index (χ2n) is 4.02. The third kappa shape index (κ3) is 1.62. The first-order valence-corrected chi connectivity index (χ1v) is 5.69. The Morgan fingerprint density at radius 1 is 1.22 bits per heavy atom. The highest BCUT2D eigenvalue weighted by atomic mass is 19.1. The molecule has 0 aliphatic carbocycles. The molecule has 0 bridgehead atoms. The maximum absolute atomic E-state index is 13.8. The lowest BCUT2D eigenvalue weighted by molar-refractivity contribution is 0.630. The van der Waals surface area contributed by atoms with Crippen LogP contribution in [0.1, 0.15) is 0 Å². The summed E-state index contributed by atoms with van der Waals surface area (Å²) in [6.07, 6.45) is 3.62. The van der Waals surface area contributed by atoms with E-state index in [4.69, 9.17) is 0 Å². The molecule has 0 atom stereocenters. The van der Waals surface area contributed by atoms with E-state index in [-0.39, 0.29) is 5.82 Å². The van der Waals surface area contributed by atoms with Gasteiger partial charge in [-0.15, -0.1) is 0 Å². The van der Waals surface area contributed by atoms with E-state index in [2.05, 4.69) is 10.3 Å². The van der Waals surface area contributed by atoms with E-state index in [0.717, 1.165) is 11.2 Å². The SMILES string of the molecule is CNc1ccn2c(-c3ccccc3F)ncc2c1. The second-order valence-corrected chi connectivity index (χ2v) is 4.02. The fourth-order valence-electron chi connectivity index (χ4n) is 2.00. The maximum Gasteiger partial charge on any atom is 0.147 e. The third-order valence-corrected chi connectivity index (χ3v) is 2.94. The number of hydrogen-bond donors (Lipinski definition) is 1. The molecule has 4 heteroatoms. The lowest BCUT2D eigenvalue weighted by atomic mass is 10.2. The second kappa shape index (κ2) is 4.14. The Balaban J connectivity index is 2.22. The van der Waals surface area contributed by atoms with Gasteiger partial charge in [-0.2, -0.15) is 0 Å². The van der Waals surface area contributed by atoms with Crippen LogP contribution >= 0.6 is 0 Å². The molecule has 0 spiro atoms. The smallest absolute Gasteiger partial charge is 0.147 e. The lowest BCUT2D eigenvalue weighted by Crippen LogP contribution is -1.93. The zero-order valence-corrected chi connectivity index (χ0v) is 9.89. The normalized spacial score (nSPS) is 10.8. The van der Waals surface area contributed by atoms with Crippen molar-refractivity contribution < 1.29 is 4.39 Å². The minimum absolute atomic E-state index is 0.261. The molecular weight excluding hydrogens is 229 g/mol. The molecule has 2 aromatic heterocycles. The number of anilines is 1. The summed E-state index contributed by atoms with van der Waals surface area (Å²) in [6, 6.07) is 10.6. The molecule has 3 nitrogen and oxygen atoms in total. The first-order chi connectivity index (χ1) is 8.79. The van der Waals surface area contributed by atoms with E-state index in [1.54, 1.807) is 24.4 Å². The number of pyridine rings is 1. The molecule has 0 unspecified atom stereocenters. The van der Waals surface area contributed by atoms with Gasteiger partial charge in [0, 0.05) is 18.9 Å². The molecule has 18 heavy (non-hydrogen) atoms. The Morgan fingerprint density at radius 3 is 2.83 bits per heavy atom. The Morgan fingerprint density at radius 2 is 2.06 bits per heavy atom. The van der Waals surface area contributed by atoms with Gasteiger partial charge < -0.3 is 5.32 Å². The standard InChI is InChI=1S/C14H12FN3/c1-16-10-6-7-18-11(8-10)9-17-14(18)12-4-2-3-5-13(12)15/h2-9,16H,1H3. The first kappa shape index (κ1) is 10.8. The van der Waals surface area contributed by atoms with Gasteiger partial charge in [0.1, 0.15) is 11.6 Å². The summed E-state index contributed by atoms with van der Waals surface area (Å²) < 4.78 is 15.6. The summed E-state index contributed by atoms with van der Waals surface area (Å²) in [5.41, 5.74) is 2.44. The molecule has 2 heterocycles. The molecular formula is C14H12FN3. The van der Waals surface area contributed by atoms with Gasteiger partial charge in [-0.3, -0.25) is 4.40 Å². The van der Waals surface area contributed by atoms with Gasteiger partial charge in [-0.05, 0) is 24.3 Å². The molecule has 0 aliphatic heterocycles. The molecule has 0 saturated heterocycles. The summed E-state index contributed by atoms with van der Waals surface area (Å²) in [5, 5.41) is 3.06. The molecule has 0 radical (unpaired) electrons. The Bertz CT molecular complexity index is 703. The number of benzene rings is 1. The van der Waals surface area contributed by atoms with Gasteiger partial charge >= 0.3 is 0 Å². The van der Waals surface area contributed by atoms with Crippen LogP contribution in [0.3, 0.4) is 0 Å². The summed E-state index contributed by atoms with van der Waals surface area (Å²) in [4.78, 5) is 4.30. The summed E-state index contributed by atoms with van der Waals surface area (Å²) in [5.74, 6) is 0.355. The van der Waals surface area contributed by atoms with Crippen LogP contribution in [-0.4, -0.2) is 16.4 Å². The Kier molecular flexibility index (Phi) is 2.48. The average molecular weight is 241 g/mol. The quantitative estimate of drug-likeness (QED) is 0.746. The van der Waals surface area contributed by atoms with E-state index < -0.39 is 0 Å². The average Bonchev–Trinajstić information content (AvgIpc) is 2.82. The van der Waals surface area contributed by atoms with E-state index >= 15 is 0 Å². The molecule has 1 aromatic carbocycles. The minimum atomic E-state index is -0.261. The molecule has 1 N–H and O–H groups in total. The number of imidazole rings is 1. The van der Waals surface area contributed by atoms with Crippen molar-refractivity contribution in [2.75, 3.05) is 12.4 Å². The zero-order chi connectivity index (χ0) is 12.5. The fraction of sp³-hybridized carbons (Fsp3) is 0.0714. The van der Waals surface area contributed by atoms with Crippen LogP contribution in [0.25, 0.3) is 16.9 Å². The minimum Gasteiger partial charge on any atom is -0.388 e. The number of halogens is 1. The number of rotatable bonds is 2. The van der Waals surface area contributed by atoms with Crippen molar-refractivity contribution in [3.8, 4) is 11.4 Å². The van der Waals surface area contributed by atoms with Crippen LogP contribution < -0.4 is 5.32 Å². The third-order valence-electron chi connectivity index (χ3n) is 2.94. The van der Waals surface area contributed by atoms with Crippen molar-refractivity contribution in [2.24, 2.45) is 0 Å². The van der Waals surface area contributed by atoms with Crippen molar-refractivity contribution in [2.45, 2.75) is 0 Å². The van der Waals surface area contributed by atoms with Gasteiger partial charge in [-0.1, -0.05) is 12.1 Å².